The number of hydrogen-bond acceptors (Lipinski definition) is 2. The number of nitrogens with one attached hydrogen (secondary N) is 2. The predicted molar refractivity (Wildman–Crippen MR) is 58.2 cm³/mol. The van der Waals surface area contributed by atoms with Crippen LogP contribution in [0.15, 0.2) is 0 Å². The molecular weight excluding hydrogens is 192 g/mol. The summed E-state index contributed by atoms with van der Waals surface area (Å²) in [5.74, 6) is -0.157. The molecule has 86 valence electrons. The highest BCUT2D eigenvalue weighted by molar-refractivity contribution is 5.89. The Morgan fingerprint density at radius 2 is 2.33 bits per heavy atom. The Hall–Kier alpha value is -1.06. The molecule has 0 spiro atoms. The fourth-order valence-electron chi connectivity index (χ4n) is 1.84. The Labute approximate surface area is 90.8 Å². The standard InChI is InChI=1S/C11H20N2O2/c1-3-5-9(4-2)13-11(15)8-6-10(14)12-7-8/h8-9H,3-7H2,1-2H3,(H,12,14)(H,13,15). The Morgan fingerprint density at radius 3 is 2.80 bits per heavy atom. The molecule has 2 N–H and O–H groups in total. The molecule has 2 amide bonds. The molecule has 2 unspecified atom stereocenters. The monoisotopic (exact) mass is 212 g/mol. The van der Waals surface area contributed by atoms with Gasteiger partial charge in [-0.05, 0) is 12.8 Å². The number of amides is 2. The first-order valence-electron chi connectivity index (χ1n) is 5.74. The minimum absolute atomic E-state index is 0.0151. The summed E-state index contributed by atoms with van der Waals surface area (Å²) in [7, 11) is 0. The second-order valence-electron chi connectivity index (χ2n) is 4.11. The Kier molecular flexibility index (Phi) is 4.59. The van der Waals surface area contributed by atoms with Crippen LogP contribution in [-0.4, -0.2) is 24.4 Å². The van der Waals surface area contributed by atoms with Crippen molar-refractivity contribution in [2.45, 2.75) is 45.6 Å². The molecule has 1 heterocycles. The van der Waals surface area contributed by atoms with Crippen LogP contribution in [0.25, 0.3) is 0 Å². The Morgan fingerprint density at radius 1 is 1.60 bits per heavy atom. The first-order valence-corrected chi connectivity index (χ1v) is 5.74. The van der Waals surface area contributed by atoms with Crippen molar-refractivity contribution in [1.29, 1.82) is 0 Å². The van der Waals surface area contributed by atoms with E-state index in [1.807, 2.05) is 0 Å². The quantitative estimate of drug-likeness (QED) is 0.708. The third-order valence-electron chi connectivity index (χ3n) is 2.82. The van der Waals surface area contributed by atoms with Crippen molar-refractivity contribution in [3.8, 4) is 0 Å². The summed E-state index contributed by atoms with van der Waals surface area (Å²) in [4.78, 5) is 22.7. The van der Waals surface area contributed by atoms with Gasteiger partial charge in [-0.2, -0.15) is 0 Å². The smallest absolute Gasteiger partial charge is 0.225 e. The number of hydrogen-bond donors (Lipinski definition) is 2. The van der Waals surface area contributed by atoms with Crippen molar-refractivity contribution in [2.24, 2.45) is 5.92 Å². The van der Waals surface area contributed by atoms with Crippen LogP contribution in [-0.2, 0) is 9.59 Å². The minimum Gasteiger partial charge on any atom is -0.355 e. The minimum atomic E-state index is -0.164. The largest absolute Gasteiger partial charge is 0.355 e. The molecule has 1 fully saturated rings. The van der Waals surface area contributed by atoms with E-state index in [2.05, 4.69) is 24.5 Å². The summed E-state index contributed by atoms with van der Waals surface area (Å²) in [5, 5.41) is 5.67. The summed E-state index contributed by atoms with van der Waals surface area (Å²) in [6.45, 7) is 4.67. The molecule has 1 rings (SSSR count). The Balaban J connectivity index is 2.36. The number of rotatable bonds is 5. The van der Waals surface area contributed by atoms with Gasteiger partial charge in [0.25, 0.3) is 0 Å². The van der Waals surface area contributed by atoms with Crippen LogP contribution in [0.3, 0.4) is 0 Å². The summed E-state index contributed by atoms with van der Waals surface area (Å²) in [6.07, 6.45) is 3.37. The third-order valence-corrected chi connectivity index (χ3v) is 2.82. The maximum Gasteiger partial charge on any atom is 0.225 e. The van der Waals surface area contributed by atoms with E-state index in [0.29, 0.717) is 13.0 Å². The van der Waals surface area contributed by atoms with Crippen LogP contribution in [0, 0.1) is 5.92 Å². The van der Waals surface area contributed by atoms with Crippen LogP contribution in [0.4, 0.5) is 0 Å². The van der Waals surface area contributed by atoms with Crippen molar-refractivity contribution in [3.63, 3.8) is 0 Å². The lowest BCUT2D eigenvalue weighted by Crippen LogP contribution is -2.39. The average Bonchev–Trinajstić information content (AvgIpc) is 2.64. The van der Waals surface area contributed by atoms with Crippen LogP contribution < -0.4 is 10.6 Å². The van der Waals surface area contributed by atoms with Gasteiger partial charge in [0.15, 0.2) is 0 Å². The van der Waals surface area contributed by atoms with Crippen LogP contribution in [0.5, 0.6) is 0 Å². The first kappa shape index (κ1) is 12.0. The molecule has 0 radical (unpaired) electrons. The van der Waals surface area contributed by atoms with Gasteiger partial charge in [0, 0.05) is 19.0 Å². The van der Waals surface area contributed by atoms with Crippen molar-refractivity contribution in [3.05, 3.63) is 0 Å². The van der Waals surface area contributed by atoms with Crippen molar-refractivity contribution < 1.29 is 9.59 Å². The van der Waals surface area contributed by atoms with Gasteiger partial charge >= 0.3 is 0 Å². The molecular formula is C11H20N2O2. The molecule has 0 aromatic heterocycles. The molecule has 0 aromatic rings. The summed E-state index contributed by atoms with van der Waals surface area (Å²) < 4.78 is 0. The highest BCUT2D eigenvalue weighted by Gasteiger charge is 2.28. The SMILES string of the molecule is CCCC(CC)NC(=O)C1CNC(=O)C1. The molecule has 2 atom stereocenters. The zero-order chi connectivity index (χ0) is 11.3. The van der Waals surface area contributed by atoms with E-state index in [1.54, 1.807) is 0 Å². The molecule has 4 nitrogen and oxygen atoms in total. The van der Waals surface area contributed by atoms with E-state index in [-0.39, 0.29) is 23.8 Å². The molecule has 0 aliphatic carbocycles. The first-order chi connectivity index (χ1) is 7.17. The van der Waals surface area contributed by atoms with Gasteiger partial charge in [-0.3, -0.25) is 9.59 Å². The van der Waals surface area contributed by atoms with Crippen LogP contribution >= 0.6 is 0 Å². The second kappa shape index (κ2) is 5.73. The van der Waals surface area contributed by atoms with E-state index in [9.17, 15) is 9.59 Å². The molecule has 4 heteroatoms. The normalized spacial score (nSPS) is 22.3. The summed E-state index contributed by atoms with van der Waals surface area (Å²) >= 11 is 0. The molecule has 0 saturated carbocycles. The molecule has 15 heavy (non-hydrogen) atoms. The lowest BCUT2D eigenvalue weighted by Gasteiger charge is -2.18. The highest BCUT2D eigenvalue weighted by Crippen LogP contribution is 2.10. The van der Waals surface area contributed by atoms with E-state index >= 15 is 0 Å². The highest BCUT2D eigenvalue weighted by atomic mass is 16.2. The zero-order valence-electron chi connectivity index (χ0n) is 9.51. The molecule has 0 aromatic carbocycles. The van der Waals surface area contributed by atoms with Crippen LogP contribution in [0.1, 0.15) is 39.5 Å². The van der Waals surface area contributed by atoms with Gasteiger partial charge in [-0.25, -0.2) is 0 Å². The average molecular weight is 212 g/mol. The Bertz CT molecular complexity index is 241. The van der Waals surface area contributed by atoms with Crippen LogP contribution in [0.2, 0.25) is 0 Å². The van der Waals surface area contributed by atoms with Crippen molar-refractivity contribution >= 4 is 11.8 Å². The maximum atomic E-state index is 11.7. The lowest BCUT2D eigenvalue weighted by atomic mass is 10.1. The zero-order valence-corrected chi connectivity index (χ0v) is 9.51. The van der Waals surface area contributed by atoms with Gasteiger partial charge in [-0.1, -0.05) is 20.3 Å². The van der Waals surface area contributed by atoms with E-state index in [4.69, 9.17) is 0 Å². The van der Waals surface area contributed by atoms with E-state index in [0.717, 1.165) is 19.3 Å². The molecule has 1 aliphatic rings. The van der Waals surface area contributed by atoms with E-state index < -0.39 is 0 Å². The fraction of sp³-hybridized carbons (Fsp3) is 0.818. The molecule has 1 aliphatic heterocycles. The number of carbonyl (C=O) groups excluding carboxylic acids is 2. The van der Waals surface area contributed by atoms with Gasteiger partial charge in [-0.15, -0.1) is 0 Å². The number of carbonyl (C=O) groups is 2. The summed E-state index contributed by atoms with van der Waals surface area (Å²) in [5.41, 5.74) is 0. The second-order valence-corrected chi connectivity index (χ2v) is 4.11. The van der Waals surface area contributed by atoms with Gasteiger partial charge in [0.2, 0.25) is 11.8 Å². The predicted octanol–water partition coefficient (Wildman–Crippen LogP) is 0.817. The lowest BCUT2D eigenvalue weighted by molar-refractivity contribution is -0.127. The van der Waals surface area contributed by atoms with Gasteiger partial charge in [0.1, 0.15) is 0 Å². The summed E-state index contributed by atoms with van der Waals surface area (Å²) in [6, 6.07) is 0.262. The topological polar surface area (TPSA) is 58.2 Å². The van der Waals surface area contributed by atoms with E-state index in [1.165, 1.54) is 0 Å². The maximum absolute atomic E-state index is 11.7. The van der Waals surface area contributed by atoms with Gasteiger partial charge in [0.05, 0.1) is 5.92 Å². The third kappa shape index (κ3) is 3.53. The fourth-order valence-corrected chi connectivity index (χ4v) is 1.84. The molecule has 0 bridgehead atoms. The molecule has 1 saturated heterocycles. The van der Waals surface area contributed by atoms with Crippen molar-refractivity contribution in [2.75, 3.05) is 6.54 Å². The van der Waals surface area contributed by atoms with Gasteiger partial charge < -0.3 is 10.6 Å². The van der Waals surface area contributed by atoms with Crippen molar-refractivity contribution in [1.82, 2.24) is 10.6 Å².